The topological polar surface area (TPSA) is 88.3 Å². The highest BCUT2D eigenvalue weighted by Gasteiger charge is 2.08. The smallest absolute Gasteiger partial charge is 0.269 e. The number of rotatable bonds is 5. The lowest BCUT2D eigenvalue weighted by Crippen LogP contribution is -2.21. The molecular weight excluding hydrogens is 246 g/mol. The van der Waals surface area contributed by atoms with E-state index in [1.807, 2.05) is 6.07 Å². The zero-order valence-corrected chi connectivity index (χ0v) is 10.1. The lowest BCUT2D eigenvalue weighted by molar-refractivity contribution is -0.384. The molecule has 19 heavy (non-hydrogen) atoms. The van der Waals surface area contributed by atoms with Crippen LogP contribution >= 0.6 is 0 Å². The fraction of sp³-hybridized carbons (Fsp3) is 0.154. The number of anilines is 1. The van der Waals surface area contributed by atoms with Gasteiger partial charge in [0.05, 0.1) is 4.92 Å². The number of benzene rings is 1. The molecule has 0 bridgehead atoms. The fourth-order valence-electron chi connectivity index (χ4n) is 1.65. The van der Waals surface area contributed by atoms with Crippen molar-refractivity contribution in [3.8, 4) is 0 Å². The van der Waals surface area contributed by atoms with E-state index < -0.39 is 11.2 Å². The molecule has 0 spiro atoms. The maximum Gasteiger partial charge on any atom is 0.269 e. The Morgan fingerprint density at radius 3 is 2.58 bits per heavy atom. The van der Waals surface area contributed by atoms with E-state index in [9.17, 15) is 15.2 Å². The number of aliphatic hydroxyl groups is 1. The minimum atomic E-state index is -0.795. The number of pyridine rings is 1. The van der Waals surface area contributed by atoms with Gasteiger partial charge in [-0.15, -0.1) is 0 Å². The van der Waals surface area contributed by atoms with Gasteiger partial charge in [0.15, 0.2) is 0 Å². The fourth-order valence-corrected chi connectivity index (χ4v) is 1.65. The van der Waals surface area contributed by atoms with E-state index >= 15 is 0 Å². The van der Waals surface area contributed by atoms with Crippen LogP contribution in [0.4, 0.5) is 11.5 Å². The van der Waals surface area contributed by atoms with Gasteiger partial charge in [0.1, 0.15) is 12.0 Å². The average molecular weight is 259 g/mol. The quantitative estimate of drug-likeness (QED) is 0.487. The number of hydrogen-bond acceptors (Lipinski definition) is 5. The number of nitrogens with zero attached hydrogens (tertiary/aromatic N) is 2. The molecule has 0 aliphatic heterocycles. The van der Waals surface area contributed by atoms with Crippen molar-refractivity contribution in [2.24, 2.45) is 0 Å². The number of nitrogens with one attached hydrogen (secondary N) is 1. The van der Waals surface area contributed by atoms with Gasteiger partial charge in [0.25, 0.3) is 5.69 Å². The molecule has 98 valence electrons. The first-order valence-electron chi connectivity index (χ1n) is 5.74. The van der Waals surface area contributed by atoms with Gasteiger partial charge < -0.3 is 10.4 Å². The first kappa shape index (κ1) is 13.0. The van der Waals surface area contributed by atoms with Crippen LogP contribution in [0.15, 0.2) is 48.7 Å². The van der Waals surface area contributed by atoms with Gasteiger partial charge in [-0.2, -0.15) is 0 Å². The monoisotopic (exact) mass is 259 g/mol. The van der Waals surface area contributed by atoms with E-state index in [-0.39, 0.29) is 5.69 Å². The van der Waals surface area contributed by atoms with E-state index in [2.05, 4.69) is 10.3 Å². The lowest BCUT2D eigenvalue weighted by Gasteiger charge is -2.13. The predicted octanol–water partition coefficient (Wildman–Crippen LogP) is 1.96. The van der Waals surface area contributed by atoms with Gasteiger partial charge in [0, 0.05) is 24.8 Å². The van der Waals surface area contributed by atoms with Crippen LogP contribution < -0.4 is 5.32 Å². The highest BCUT2D eigenvalue weighted by atomic mass is 16.6. The van der Waals surface area contributed by atoms with E-state index in [4.69, 9.17) is 0 Å². The number of aliphatic hydroxyl groups excluding tert-OH is 1. The summed E-state index contributed by atoms with van der Waals surface area (Å²) < 4.78 is 0. The Labute approximate surface area is 109 Å². The molecule has 0 saturated heterocycles. The molecule has 1 aromatic carbocycles. The second-order valence-corrected chi connectivity index (χ2v) is 4.00. The Kier molecular flexibility index (Phi) is 4.04. The summed E-state index contributed by atoms with van der Waals surface area (Å²) >= 11 is 0. The predicted molar refractivity (Wildman–Crippen MR) is 70.7 cm³/mol. The van der Waals surface area contributed by atoms with E-state index in [1.54, 1.807) is 30.5 Å². The number of non-ortho nitro benzene ring substituents is 1. The van der Waals surface area contributed by atoms with E-state index in [0.29, 0.717) is 12.2 Å². The SMILES string of the molecule is O=[N+]([O-])c1ccc(CC(O)Nc2ccccn2)cc1. The van der Waals surface area contributed by atoms with Gasteiger partial charge in [0.2, 0.25) is 0 Å². The zero-order chi connectivity index (χ0) is 13.7. The van der Waals surface area contributed by atoms with E-state index in [0.717, 1.165) is 5.56 Å². The molecular formula is C13H13N3O3. The molecule has 2 N–H and O–H groups in total. The zero-order valence-electron chi connectivity index (χ0n) is 10.1. The van der Waals surface area contributed by atoms with Crippen molar-refractivity contribution in [3.63, 3.8) is 0 Å². The molecule has 1 heterocycles. The number of nitro groups is 1. The first-order valence-corrected chi connectivity index (χ1v) is 5.74. The largest absolute Gasteiger partial charge is 0.373 e. The Morgan fingerprint density at radius 1 is 1.26 bits per heavy atom. The first-order chi connectivity index (χ1) is 9.15. The van der Waals surface area contributed by atoms with Crippen molar-refractivity contribution in [3.05, 3.63) is 64.3 Å². The van der Waals surface area contributed by atoms with Crippen molar-refractivity contribution >= 4 is 11.5 Å². The molecule has 6 nitrogen and oxygen atoms in total. The molecule has 2 aromatic rings. The van der Waals surface area contributed by atoms with E-state index in [1.165, 1.54) is 12.1 Å². The maximum absolute atomic E-state index is 10.5. The third-order valence-corrected chi connectivity index (χ3v) is 2.56. The Hall–Kier alpha value is -2.47. The van der Waals surface area contributed by atoms with Crippen LogP contribution in [0.25, 0.3) is 0 Å². The Morgan fingerprint density at radius 2 is 2.00 bits per heavy atom. The summed E-state index contributed by atoms with van der Waals surface area (Å²) in [7, 11) is 0. The van der Waals surface area contributed by atoms with Crippen molar-refractivity contribution in [1.82, 2.24) is 4.98 Å². The lowest BCUT2D eigenvalue weighted by atomic mass is 10.1. The van der Waals surface area contributed by atoms with Gasteiger partial charge in [-0.1, -0.05) is 18.2 Å². The summed E-state index contributed by atoms with van der Waals surface area (Å²) in [6.07, 6.45) is 1.17. The highest BCUT2D eigenvalue weighted by molar-refractivity contribution is 5.36. The second-order valence-electron chi connectivity index (χ2n) is 4.00. The third kappa shape index (κ3) is 3.75. The molecule has 2 rings (SSSR count). The van der Waals surface area contributed by atoms with Gasteiger partial charge in [-0.25, -0.2) is 4.98 Å². The van der Waals surface area contributed by atoms with Gasteiger partial charge in [-0.05, 0) is 17.7 Å². The van der Waals surface area contributed by atoms with Crippen molar-refractivity contribution < 1.29 is 10.0 Å². The molecule has 1 aromatic heterocycles. The normalized spacial score (nSPS) is 11.8. The van der Waals surface area contributed by atoms with Gasteiger partial charge >= 0.3 is 0 Å². The third-order valence-electron chi connectivity index (χ3n) is 2.56. The van der Waals surface area contributed by atoms with Crippen LogP contribution in [0, 0.1) is 10.1 Å². The average Bonchev–Trinajstić information content (AvgIpc) is 2.40. The number of aromatic nitrogens is 1. The van der Waals surface area contributed by atoms with Crippen molar-refractivity contribution in [1.29, 1.82) is 0 Å². The maximum atomic E-state index is 10.5. The summed E-state index contributed by atoms with van der Waals surface area (Å²) in [5.74, 6) is 0.580. The standard InChI is InChI=1S/C13H13N3O3/c17-13(15-12-3-1-2-8-14-12)9-10-4-6-11(7-5-10)16(18)19/h1-8,13,17H,9H2,(H,14,15). The van der Waals surface area contributed by atoms with Crippen LogP contribution in [0.5, 0.6) is 0 Å². The molecule has 6 heteroatoms. The summed E-state index contributed by atoms with van der Waals surface area (Å²) in [4.78, 5) is 14.1. The molecule has 0 aliphatic carbocycles. The molecule has 0 radical (unpaired) electrons. The molecule has 0 saturated carbocycles. The summed E-state index contributed by atoms with van der Waals surface area (Å²) in [6.45, 7) is 0. The van der Waals surface area contributed by atoms with Gasteiger partial charge in [-0.3, -0.25) is 10.1 Å². The van der Waals surface area contributed by atoms with Crippen LogP contribution in [-0.4, -0.2) is 21.2 Å². The van der Waals surface area contributed by atoms with Crippen molar-refractivity contribution in [2.75, 3.05) is 5.32 Å². The molecule has 0 fully saturated rings. The van der Waals surface area contributed by atoms with Crippen LogP contribution in [-0.2, 0) is 6.42 Å². The molecule has 0 aliphatic rings. The minimum Gasteiger partial charge on any atom is -0.373 e. The number of nitro benzene ring substituents is 1. The minimum absolute atomic E-state index is 0.0379. The summed E-state index contributed by atoms with van der Waals surface area (Å²) in [5.41, 5.74) is 0.845. The van der Waals surface area contributed by atoms with Crippen LogP contribution in [0.3, 0.4) is 0 Å². The molecule has 1 unspecified atom stereocenters. The highest BCUT2D eigenvalue weighted by Crippen LogP contribution is 2.13. The Balaban J connectivity index is 1.95. The second kappa shape index (κ2) is 5.92. The number of hydrogen-bond donors (Lipinski definition) is 2. The summed E-state index contributed by atoms with van der Waals surface area (Å²) in [6, 6.07) is 11.4. The molecule has 1 atom stereocenters. The summed E-state index contributed by atoms with van der Waals surface area (Å²) in [5, 5.41) is 23.2. The van der Waals surface area contributed by atoms with Crippen LogP contribution in [0.2, 0.25) is 0 Å². The van der Waals surface area contributed by atoms with Crippen molar-refractivity contribution in [2.45, 2.75) is 12.6 Å². The van der Waals surface area contributed by atoms with Crippen LogP contribution in [0.1, 0.15) is 5.56 Å². The Bertz CT molecular complexity index is 543. The molecule has 0 amide bonds.